The summed E-state index contributed by atoms with van der Waals surface area (Å²) in [5.41, 5.74) is 0. The molecule has 0 amide bonds. The van der Waals surface area contributed by atoms with E-state index in [4.69, 9.17) is 9.63 Å². The summed E-state index contributed by atoms with van der Waals surface area (Å²) in [7, 11) is 0. The van der Waals surface area contributed by atoms with Crippen LogP contribution < -0.4 is 5.32 Å². The molecule has 0 aromatic carbocycles. The molecule has 2 heterocycles. The molecule has 0 radical (unpaired) electrons. The van der Waals surface area contributed by atoms with Crippen molar-refractivity contribution < 1.29 is 14.4 Å². The lowest BCUT2D eigenvalue weighted by Gasteiger charge is -2.22. The number of aromatic carboxylic acids is 1. The molecule has 0 bridgehead atoms. The highest BCUT2D eigenvalue weighted by Gasteiger charge is 2.16. The average Bonchev–Trinajstić information content (AvgIpc) is 2.76. The van der Waals surface area contributed by atoms with E-state index in [0.717, 1.165) is 13.0 Å². The Morgan fingerprint density at radius 1 is 1.56 bits per heavy atom. The van der Waals surface area contributed by atoms with Gasteiger partial charge in [-0.3, -0.25) is 0 Å². The monoisotopic (exact) mass is 225 g/mol. The minimum absolute atomic E-state index is 0.258. The average molecular weight is 225 g/mol. The number of nitrogens with one attached hydrogen (secondary N) is 1. The van der Waals surface area contributed by atoms with Crippen LogP contribution in [0.4, 0.5) is 0 Å². The second kappa shape index (κ2) is 5.07. The highest BCUT2D eigenvalue weighted by atomic mass is 16.5. The Kier molecular flexibility index (Phi) is 3.51. The molecule has 1 fully saturated rings. The van der Waals surface area contributed by atoms with Crippen molar-refractivity contribution >= 4 is 5.97 Å². The van der Waals surface area contributed by atoms with E-state index in [0.29, 0.717) is 18.4 Å². The maximum atomic E-state index is 10.5. The largest absolute Gasteiger partial charge is 0.475 e. The molecule has 6 heteroatoms. The number of aromatic nitrogens is 2. The SMILES string of the molecule is O=C(O)c1noc(CCC2CCCCN2)n1. The minimum atomic E-state index is -1.15. The second-order valence-corrected chi connectivity index (χ2v) is 4.00. The van der Waals surface area contributed by atoms with Gasteiger partial charge >= 0.3 is 5.97 Å². The first kappa shape index (κ1) is 11.1. The molecule has 1 atom stereocenters. The molecule has 88 valence electrons. The van der Waals surface area contributed by atoms with Crippen molar-refractivity contribution in [2.75, 3.05) is 6.54 Å². The maximum Gasteiger partial charge on any atom is 0.377 e. The summed E-state index contributed by atoms with van der Waals surface area (Å²) in [5, 5.41) is 15.4. The third-order valence-corrected chi connectivity index (χ3v) is 2.78. The van der Waals surface area contributed by atoms with Gasteiger partial charge in [-0.2, -0.15) is 4.98 Å². The molecule has 1 aromatic heterocycles. The fourth-order valence-electron chi connectivity index (χ4n) is 1.91. The quantitative estimate of drug-likeness (QED) is 0.789. The van der Waals surface area contributed by atoms with Crippen LogP contribution in [0.1, 0.15) is 42.2 Å². The lowest BCUT2D eigenvalue weighted by atomic mass is 10.0. The van der Waals surface area contributed by atoms with Gasteiger partial charge in [0.05, 0.1) is 0 Å². The molecule has 1 aromatic rings. The number of hydrogen-bond donors (Lipinski definition) is 2. The van der Waals surface area contributed by atoms with Gasteiger partial charge in [0.1, 0.15) is 0 Å². The zero-order valence-corrected chi connectivity index (χ0v) is 8.98. The third kappa shape index (κ3) is 2.79. The predicted octanol–water partition coefficient (Wildman–Crippen LogP) is 0.843. The van der Waals surface area contributed by atoms with Crippen molar-refractivity contribution in [3.8, 4) is 0 Å². The van der Waals surface area contributed by atoms with Gasteiger partial charge in [0.25, 0.3) is 5.82 Å². The smallest absolute Gasteiger partial charge is 0.377 e. The fourth-order valence-corrected chi connectivity index (χ4v) is 1.91. The normalized spacial score (nSPS) is 20.9. The number of hydrogen-bond acceptors (Lipinski definition) is 5. The minimum Gasteiger partial charge on any atom is -0.475 e. The first-order valence-corrected chi connectivity index (χ1v) is 5.55. The number of rotatable bonds is 4. The summed E-state index contributed by atoms with van der Waals surface area (Å²) in [4.78, 5) is 14.3. The number of carboxylic acid groups (broad SMARTS) is 1. The van der Waals surface area contributed by atoms with Crippen molar-refractivity contribution in [1.82, 2.24) is 15.5 Å². The number of nitrogens with zero attached hydrogens (tertiary/aromatic N) is 2. The van der Waals surface area contributed by atoms with Crippen LogP contribution in [-0.4, -0.2) is 33.8 Å². The molecule has 16 heavy (non-hydrogen) atoms. The van der Waals surface area contributed by atoms with Crippen LogP contribution in [0.3, 0.4) is 0 Å². The Hall–Kier alpha value is -1.43. The standard InChI is InChI=1S/C10H15N3O3/c14-10(15)9-12-8(16-13-9)5-4-7-3-1-2-6-11-7/h7,11H,1-6H2,(H,14,15). The van der Waals surface area contributed by atoms with Crippen LogP contribution in [-0.2, 0) is 6.42 Å². The van der Waals surface area contributed by atoms with Crippen molar-refractivity contribution in [2.45, 2.75) is 38.1 Å². The molecular weight excluding hydrogens is 210 g/mol. The summed E-state index contributed by atoms with van der Waals surface area (Å²) >= 11 is 0. The van der Waals surface area contributed by atoms with Crippen molar-refractivity contribution in [2.24, 2.45) is 0 Å². The first-order valence-electron chi connectivity index (χ1n) is 5.55. The van der Waals surface area contributed by atoms with Gasteiger partial charge in [-0.05, 0) is 31.0 Å². The molecule has 1 aliphatic heterocycles. The summed E-state index contributed by atoms with van der Waals surface area (Å²) in [6.45, 7) is 1.06. The molecular formula is C10H15N3O3. The van der Waals surface area contributed by atoms with E-state index in [1.54, 1.807) is 0 Å². The maximum absolute atomic E-state index is 10.5. The van der Waals surface area contributed by atoms with Crippen molar-refractivity contribution in [3.63, 3.8) is 0 Å². The van der Waals surface area contributed by atoms with E-state index in [2.05, 4.69) is 15.5 Å². The molecule has 1 aliphatic rings. The topological polar surface area (TPSA) is 88.2 Å². The molecule has 0 aliphatic carbocycles. The van der Waals surface area contributed by atoms with Crippen LogP contribution >= 0.6 is 0 Å². The Morgan fingerprint density at radius 2 is 2.44 bits per heavy atom. The van der Waals surface area contributed by atoms with E-state index < -0.39 is 5.97 Å². The molecule has 6 nitrogen and oxygen atoms in total. The van der Waals surface area contributed by atoms with Crippen LogP contribution in [0.2, 0.25) is 0 Å². The summed E-state index contributed by atoms with van der Waals surface area (Å²) < 4.78 is 4.85. The van der Waals surface area contributed by atoms with Crippen LogP contribution in [0.25, 0.3) is 0 Å². The van der Waals surface area contributed by atoms with Crippen LogP contribution in [0.5, 0.6) is 0 Å². The van der Waals surface area contributed by atoms with Gasteiger partial charge in [-0.25, -0.2) is 4.79 Å². The van der Waals surface area contributed by atoms with Crippen molar-refractivity contribution in [3.05, 3.63) is 11.7 Å². The summed E-state index contributed by atoms with van der Waals surface area (Å²) in [5.74, 6) is -0.998. The van der Waals surface area contributed by atoms with Crippen molar-refractivity contribution in [1.29, 1.82) is 0 Å². The van der Waals surface area contributed by atoms with Gasteiger partial charge < -0.3 is 14.9 Å². The van der Waals surface area contributed by atoms with Gasteiger partial charge in [0, 0.05) is 12.5 Å². The Morgan fingerprint density at radius 3 is 3.06 bits per heavy atom. The second-order valence-electron chi connectivity index (χ2n) is 4.00. The third-order valence-electron chi connectivity index (χ3n) is 2.78. The Labute approximate surface area is 93.0 Å². The Bertz CT molecular complexity index is 358. The van der Waals surface area contributed by atoms with E-state index >= 15 is 0 Å². The molecule has 2 N–H and O–H groups in total. The van der Waals surface area contributed by atoms with Gasteiger partial charge in [0.15, 0.2) is 0 Å². The van der Waals surface area contributed by atoms with Crippen LogP contribution in [0.15, 0.2) is 4.52 Å². The zero-order chi connectivity index (χ0) is 11.4. The Balaban J connectivity index is 1.81. The summed E-state index contributed by atoms with van der Waals surface area (Å²) in [6, 6.07) is 0.494. The molecule has 0 spiro atoms. The molecule has 2 rings (SSSR count). The van der Waals surface area contributed by atoms with Crippen LogP contribution in [0, 0.1) is 0 Å². The number of piperidine rings is 1. The van der Waals surface area contributed by atoms with Gasteiger partial charge in [0.2, 0.25) is 5.89 Å². The van der Waals surface area contributed by atoms with E-state index in [1.807, 2.05) is 0 Å². The summed E-state index contributed by atoms with van der Waals surface area (Å²) in [6.07, 6.45) is 5.21. The molecule has 1 saturated heterocycles. The predicted molar refractivity (Wildman–Crippen MR) is 55.2 cm³/mol. The lowest BCUT2D eigenvalue weighted by Crippen LogP contribution is -2.34. The van der Waals surface area contributed by atoms with Gasteiger partial charge in [-0.1, -0.05) is 6.42 Å². The zero-order valence-electron chi connectivity index (χ0n) is 8.98. The number of carboxylic acids is 1. The van der Waals surface area contributed by atoms with E-state index in [9.17, 15) is 4.79 Å². The van der Waals surface area contributed by atoms with Gasteiger partial charge in [-0.15, -0.1) is 0 Å². The number of aryl methyl sites for hydroxylation is 1. The highest BCUT2D eigenvalue weighted by Crippen LogP contribution is 2.12. The van der Waals surface area contributed by atoms with E-state index in [1.165, 1.54) is 19.3 Å². The highest BCUT2D eigenvalue weighted by molar-refractivity contribution is 5.82. The fraction of sp³-hybridized carbons (Fsp3) is 0.700. The first-order chi connectivity index (χ1) is 7.75. The number of carbonyl (C=O) groups is 1. The molecule has 0 saturated carbocycles. The lowest BCUT2D eigenvalue weighted by molar-refractivity contribution is 0.0680. The van der Waals surface area contributed by atoms with E-state index in [-0.39, 0.29) is 5.82 Å². The molecule has 1 unspecified atom stereocenters.